The third kappa shape index (κ3) is 14.8. The lowest BCUT2D eigenvalue weighted by atomic mass is 10.0. The second-order valence-corrected chi connectivity index (χ2v) is 23.2. The number of imide groups is 1. The van der Waals surface area contributed by atoms with E-state index in [1.807, 2.05) is 41.3 Å². The first-order valence-corrected chi connectivity index (χ1v) is 29.5. The average Bonchev–Trinajstić information content (AvgIpc) is 4.33. The normalized spacial score (nSPS) is 20.2. The van der Waals surface area contributed by atoms with Gasteiger partial charge >= 0.3 is 13.3 Å². The van der Waals surface area contributed by atoms with Gasteiger partial charge in [0.05, 0.1) is 12.6 Å². The van der Waals surface area contributed by atoms with E-state index in [1.54, 1.807) is 19.2 Å². The zero-order chi connectivity index (χ0) is 58.7. The lowest BCUT2D eigenvalue weighted by Gasteiger charge is -2.38. The summed E-state index contributed by atoms with van der Waals surface area (Å²) < 4.78 is 46.7. The molecule has 0 aliphatic carbocycles. The van der Waals surface area contributed by atoms with Gasteiger partial charge in [-0.2, -0.15) is 8.78 Å². The smallest absolute Gasteiger partial charge is 0.379 e. The molecule has 438 valence electrons. The Bertz CT molecular complexity index is 3160. The number of nitrogens with zero attached hydrogens (tertiary/aromatic N) is 3. The minimum Gasteiger partial charge on any atom is -0.379 e. The Hall–Kier alpha value is -7.35. The molecule has 1 unspecified atom stereocenters. The summed E-state index contributed by atoms with van der Waals surface area (Å²) in [5, 5.41) is 10.9. The topological polar surface area (TPSA) is 303 Å². The summed E-state index contributed by atoms with van der Waals surface area (Å²) >= 11 is 0. The molecule has 8 rings (SSSR count). The first-order valence-electron chi connectivity index (χ1n) is 27.9. The summed E-state index contributed by atoms with van der Waals surface area (Å²) in [5.74, 6) is 2.24. The maximum Gasteiger partial charge on any atom is 0.399 e. The van der Waals surface area contributed by atoms with Gasteiger partial charge in [-0.15, -0.1) is 0 Å². The molecule has 8 amide bonds. The van der Waals surface area contributed by atoms with Crippen molar-refractivity contribution in [1.82, 2.24) is 41.0 Å². The third-order valence-corrected chi connectivity index (χ3v) is 16.6. The molecule has 0 spiro atoms. The number of amides is 8. The molecule has 82 heavy (non-hydrogen) atoms. The number of H-pyrrole nitrogens is 1. The van der Waals surface area contributed by atoms with Crippen LogP contribution in [0.1, 0.15) is 145 Å². The predicted molar refractivity (Wildman–Crippen MR) is 296 cm³/mol. The van der Waals surface area contributed by atoms with Crippen LogP contribution in [0.4, 0.5) is 8.78 Å². The van der Waals surface area contributed by atoms with Gasteiger partial charge in [0.15, 0.2) is 0 Å². The molecule has 0 radical (unpaired) electrons. The molecular weight excluding hydrogens is 1080 g/mol. The van der Waals surface area contributed by atoms with Crippen molar-refractivity contribution < 1.29 is 66.2 Å². The van der Waals surface area contributed by atoms with Crippen LogP contribution in [-0.4, -0.2) is 140 Å². The second kappa shape index (κ2) is 27.2. The van der Waals surface area contributed by atoms with Crippen LogP contribution in [0.2, 0.25) is 0 Å². The summed E-state index contributed by atoms with van der Waals surface area (Å²) in [6.07, 6.45) is 8.79. The number of alkyl halides is 2. The fourth-order valence-corrected chi connectivity index (χ4v) is 11.6. The van der Waals surface area contributed by atoms with Crippen LogP contribution >= 0.6 is 7.60 Å². The van der Waals surface area contributed by atoms with Gasteiger partial charge in [0, 0.05) is 72.6 Å². The van der Waals surface area contributed by atoms with E-state index in [4.69, 9.17) is 10.5 Å². The maximum absolute atomic E-state index is 14.5. The van der Waals surface area contributed by atoms with Crippen molar-refractivity contribution in [3.63, 3.8) is 0 Å². The number of carbonyl (C=O) groups excluding carboxylic acids is 8. The Balaban J connectivity index is 0.800. The van der Waals surface area contributed by atoms with Crippen LogP contribution in [0.15, 0.2) is 72.8 Å². The van der Waals surface area contributed by atoms with Crippen molar-refractivity contribution >= 4 is 65.8 Å². The molecule has 0 bridgehead atoms. The highest BCUT2D eigenvalue weighted by molar-refractivity contribution is 7.52. The summed E-state index contributed by atoms with van der Waals surface area (Å²) in [6, 6.07) is 13.5. The molecule has 9 N–H and O–H groups in total. The van der Waals surface area contributed by atoms with E-state index < -0.39 is 90.5 Å². The number of benzene rings is 3. The highest BCUT2D eigenvalue weighted by atomic mass is 31.2. The van der Waals surface area contributed by atoms with Crippen molar-refractivity contribution in [3.8, 4) is 11.8 Å². The minimum atomic E-state index is -5.86. The summed E-state index contributed by atoms with van der Waals surface area (Å²) in [6.45, 7) is 1.39. The molecule has 0 saturated carbocycles. The van der Waals surface area contributed by atoms with Gasteiger partial charge in [0.1, 0.15) is 29.9 Å². The van der Waals surface area contributed by atoms with E-state index in [0.717, 1.165) is 79.8 Å². The highest BCUT2D eigenvalue weighted by Crippen LogP contribution is 2.59. The molecule has 4 aliphatic rings. The summed E-state index contributed by atoms with van der Waals surface area (Å²) in [4.78, 5) is 132. The molecule has 24 heteroatoms. The number of ether oxygens (including phenoxy) is 1. The Labute approximate surface area is 473 Å². The zero-order valence-corrected chi connectivity index (χ0v) is 46.5. The van der Waals surface area contributed by atoms with E-state index in [-0.39, 0.29) is 73.8 Å². The molecule has 3 aromatic carbocycles. The van der Waals surface area contributed by atoms with Gasteiger partial charge in [-0.25, -0.2) is 0 Å². The van der Waals surface area contributed by atoms with Crippen LogP contribution in [0.25, 0.3) is 10.9 Å². The van der Waals surface area contributed by atoms with Crippen LogP contribution in [0, 0.1) is 11.8 Å². The number of hydrogen-bond acceptors (Lipinski definition) is 11. The fourth-order valence-electron chi connectivity index (χ4n) is 11.1. The quantitative estimate of drug-likeness (QED) is 0.0204. The Kier molecular flexibility index (Phi) is 20.1. The number of hydrogen-bond donors (Lipinski definition) is 8. The van der Waals surface area contributed by atoms with Crippen molar-refractivity contribution in [3.05, 3.63) is 106 Å². The molecular formula is C58H70F2N9O12P. The number of carbonyl (C=O) groups is 8. The first-order chi connectivity index (χ1) is 39.2. The van der Waals surface area contributed by atoms with Gasteiger partial charge in [0.25, 0.3) is 11.8 Å². The van der Waals surface area contributed by atoms with Crippen molar-refractivity contribution in [2.45, 2.75) is 145 Å². The number of rotatable bonds is 24. The number of fused-ring (bicyclic) bond motifs is 3. The average molecular weight is 1150 g/mol. The Morgan fingerprint density at radius 3 is 2.38 bits per heavy atom. The number of nitrogens with one attached hydrogen (secondary N) is 5. The lowest BCUT2D eigenvalue weighted by Crippen LogP contribution is -2.61. The maximum atomic E-state index is 14.5. The number of aromatic amines is 1. The fraction of sp³-hybridized carbons (Fsp3) is 0.483. The van der Waals surface area contributed by atoms with Crippen molar-refractivity contribution in [2.75, 3.05) is 33.4 Å². The van der Waals surface area contributed by atoms with E-state index in [2.05, 4.69) is 38.1 Å². The highest BCUT2D eigenvalue weighted by Gasteiger charge is 2.51. The first kappa shape index (κ1) is 60.7. The standard InChI is InChI=1S/C58H70F2N9O12P/c1-67-29-28-40-21-24-49(69(40)57(77)46(34-67)64-53(73)45-32-38-31-39(20-22-43(38)62-45)58(59,60)82(78,79)80)55(75)63-44(23-26-50(61)70)52(72)65-47(37-16-11-9-12-17-37)35-81-30-13-8-6-4-2-3-5-7-10-15-36-18-14-19-41-42(36)33-68(56(41)76)48-25-27-51(71)66-54(48)74/h9,11-12,14,16-20,22,31-32,40,44,46-49,62H,2-8,13,21,23-30,33-35H2,1H3,(H2,61,70)(H,63,75)(H,64,73)(H,65,72)(H,66,71,74)(H2,78,79,80)/t40-,44+,46+,47+,48?,49+/m1/s1. The van der Waals surface area contributed by atoms with Gasteiger partial charge in [-0.05, 0) is 100.0 Å². The molecule has 4 aliphatic heterocycles. The zero-order valence-electron chi connectivity index (χ0n) is 45.6. The third-order valence-electron chi connectivity index (χ3n) is 15.6. The molecule has 3 fully saturated rings. The number of piperidine rings is 1. The number of halogens is 2. The van der Waals surface area contributed by atoms with Gasteiger partial charge < -0.3 is 55.9 Å². The number of unbranched alkanes of at least 4 members (excludes halogenated alkanes) is 7. The Morgan fingerprint density at radius 2 is 1.65 bits per heavy atom. The van der Waals surface area contributed by atoms with Crippen molar-refractivity contribution in [1.29, 1.82) is 0 Å². The predicted octanol–water partition coefficient (Wildman–Crippen LogP) is 4.75. The molecule has 6 atom stereocenters. The monoisotopic (exact) mass is 1150 g/mol. The Morgan fingerprint density at radius 1 is 0.902 bits per heavy atom. The SMILES string of the molecule is CN1CC[C@H]2CC[C@@H](C(=O)N[C@@H](CCC(N)=O)C(=O)N[C@@H](COCCCCCCCCCC#Cc3cccc4c3CN(C3CCC(=O)NC3=O)C4=O)c3ccccc3)N2C(=O)[C@@H](NC(=O)c2cc3cc(C(F)(F)P(=O)(O)O)ccc3[nH]2)C1. The van der Waals surface area contributed by atoms with Gasteiger partial charge in [0.2, 0.25) is 35.4 Å². The minimum absolute atomic E-state index is 0.0512. The van der Waals surface area contributed by atoms with E-state index >= 15 is 0 Å². The van der Waals surface area contributed by atoms with Gasteiger partial charge in [-0.1, -0.05) is 86.4 Å². The molecule has 21 nitrogen and oxygen atoms in total. The molecule has 3 saturated heterocycles. The molecule has 5 heterocycles. The van der Waals surface area contributed by atoms with E-state index in [1.165, 1.54) is 15.9 Å². The van der Waals surface area contributed by atoms with E-state index in [9.17, 15) is 61.5 Å². The number of likely N-dealkylation sites (N-methyl/N-ethyl adjacent to an activating group) is 1. The van der Waals surface area contributed by atoms with Crippen molar-refractivity contribution in [2.24, 2.45) is 5.73 Å². The lowest BCUT2D eigenvalue weighted by molar-refractivity contribution is -0.144. The van der Waals surface area contributed by atoms with E-state index in [0.29, 0.717) is 44.4 Å². The number of aromatic nitrogens is 1. The molecule has 4 aromatic rings. The number of primary amides is 1. The van der Waals surface area contributed by atoms with Crippen LogP contribution in [-0.2, 0) is 50.3 Å². The molecule has 1 aromatic heterocycles. The van der Waals surface area contributed by atoms with Crippen LogP contribution in [0.3, 0.4) is 0 Å². The largest absolute Gasteiger partial charge is 0.399 e. The summed E-state index contributed by atoms with van der Waals surface area (Å²) in [5.41, 5.74) is 3.08. The second-order valence-electron chi connectivity index (χ2n) is 21.5. The number of nitrogens with two attached hydrogens (primary N) is 1. The van der Waals surface area contributed by atoms with Crippen LogP contribution < -0.4 is 27.0 Å². The van der Waals surface area contributed by atoms with Gasteiger partial charge in [-0.3, -0.25) is 48.2 Å². The summed E-state index contributed by atoms with van der Waals surface area (Å²) in [7, 11) is -4.08. The van der Waals surface area contributed by atoms with Crippen LogP contribution in [0.5, 0.6) is 0 Å².